The van der Waals surface area contributed by atoms with Crippen molar-refractivity contribution in [1.29, 1.82) is 5.26 Å². The molecule has 0 amide bonds. The van der Waals surface area contributed by atoms with Crippen LogP contribution in [0.4, 0.5) is 0 Å². The topological polar surface area (TPSA) is 84.7 Å². The molecule has 0 fully saturated rings. The maximum absolute atomic E-state index is 12.7. The maximum Gasteiger partial charge on any atom is 0.345 e. The molecule has 7 aromatic rings. The minimum absolute atomic E-state index is 0.358. The van der Waals surface area contributed by atoms with Crippen molar-refractivity contribution in [3.8, 4) is 34.3 Å². The number of hydrogen-bond donors (Lipinski definition) is 0. The van der Waals surface area contributed by atoms with Crippen LogP contribution in [0.25, 0.3) is 61.6 Å². The maximum atomic E-state index is 12.7. The number of thiazole rings is 1. The molecule has 0 radical (unpaired) electrons. The number of nitrogens with zero attached hydrogens (tertiary/aromatic N) is 4. The first-order valence-electron chi connectivity index (χ1n) is 12.9. The Balaban J connectivity index is 1.36. The van der Waals surface area contributed by atoms with Gasteiger partial charge in [-0.2, -0.15) is 10.4 Å². The van der Waals surface area contributed by atoms with Crippen LogP contribution < -0.4 is 5.63 Å². The Hall–Kier alpha value is -5.58. The number of hydrogen-bond acceptors (Lipinski definition) is 6. The summed E-state index contributed by atoms with van der Waals surface area (Å²) in [5, 5.41) is 20.4. The Bertz CT molecular complexity index is 2190. The van der Waals surface area contributed by atoms with E-state index in [1.54, 1.807) is 17.5 Å². The summed E-state index contributed by atoms with van der Waals surface area (Å²) >= 11 is 1.31. The van der Waals surface area contributed by atoms with E-state index in [0.717, 1.165) is 38.7 Å². The zero-order valence-corrected chi connectivity index (χ0v) is 22.4. The fourth-order valence-corrected chi connectivity index (χ4v) is 5.69. The quantitative estimate of drug-likeness (QED) is 0.161. The Labute approximate surface area is 238 Å². The molecule has 0 spiro atoms. The van der Waals surface area contributed by atoms with Gasteiger partial charge >= 0.3 is 5.63 Å². The molecular formula is C34H20N4O2S. The van der Waals surface area contributed by atoms with Crippen molar-refractivity contribution < 1.29 is 4.42 Å². The molecule has 0 aliphatic carbocycles. The predicted molar refractivity (Wildman–Crippen MR) is 164 cm³/mol. The Morgan fingerprint density at radius 3 is 2.49 bits per heavy atom. The highest BCUT2D eigenvalue weighted by atomic mass is 32.1. The minimum atomic E-state index is -0.467. The SMILES string of the molecule is N#CC(=Cc1cn(-c2ccccc2)nc1-c1cccc2ccccc12)c1nc(-c2cc3ccccc3oc2=O)cs1. The lowest BCUT2D eigenvalue weighted by molar-refractivity contribution is 0.563. The second-order valence-corrected chi connectivity index (χ2v) is 10.3. The molecule has 0 saturated carbocycles. The van der Waals surface area contributed by atoms with Gasteiger partial charge in [-0.1, -0.05) is 78.9 Å². The van der Waals surface area contributed by atoms with Gasteiger partial charge in [0.05, 0.1) is 22.5 Å². The Kier molecular flexibility index (Phi) is 6.08. The monoisotopic (exact) mass is 548 g/mol. The lowest BCUT2D eigenvalue weighted by Gasteiger charge is -2.05. The lowest BCUT2D eigenvalue weighted by atomic mass is 9.99. The Morgan fingerprint density at radius 2 is 1.63 bits per heavy atom. The number of allylic oxidation sites excluding steroid dienone is 1. The third kappa shape index (κ3) is 4.52. The van der Waals surface area contributed by atoms with Gasteiger partial charge in [-0.3, -0.25) is 0 Å². The third-order valence-electron chi connectivity index (χ3n) is 6.88. The molecule has 0 N–H and O–H groups in total. The molecule has 4 aromatic carbocycles. The molecular weight excluding hydrogens is 528 g/mol. The normalized spacial score (nSPS) is 11.6. The van der Waals surface area contributed by atoms with E-state index in [-0.39, 0.29) is 0 Å². The molecule has 0 unspecified atom stereocenters. The van der Waals surface area contributed by atoms with Crippen LogP contribution in [0, 0.1) is 11.3 Å². The average molecular weight is 549 g/mol. The second kappa shape index (κ2) is 10.2. The van der Waals surface area contributed by atoms with Crippen LogP contribution in [0.3, 0.4) is 0 Å². The number of para-hydroxylation sites is 2. The standard InChI is InChI=1S/C34H20N4O2S/c35-19-24(33-36-30(21-41-33)29-18-23-10-5-7-16-31(23)40-34(29)39)17-25-20-38(26-12-2-1-3-13-26)37-32(25)28-15-8-11-22-9-4-6-14-27(22)28/h1-18,20-21H. The summed E-state index contributed by atoms with van der Waals surface area (Å²) in [7, 11) is 0. The first-order valence-corrected chi connectivity index (χ1v) is 13.8. The molecule has 0 aliphatic rings. The molecule has 0 saturated heterocycles. The van der Waals surface area contributed by atoms with E-state index >= 15 is 0 Å². The van der Waals surface area contributed by atoms with Crippen LogP contribution in [0.15, 0.2) is 124 Å². The van der Waals surface area contributed by atoms with Crippen LogP contribution in [0.2, 0.25) is 0 Å². The largest absolute Gasteiger partial charge is 0.422 e. The van der Waals surface area contributed by atoms with Crippen LogP contribution in [0.5, 0.6) is 0 Å². The van der Waals surface area contributed by atoms with Crippen LogP contribution in [-0.2, 0) is 0 Å². The van der Waals surface area contributed by atoms with Gasteiger partial charge in [-0.15, -0.1) is 11.3 Å². The molecule has 0 atom stereocenters. The van der Waals surface area contributed by atoms with Gasteiger partial charge in [-0.25, -0.2) is 14.5 Å². The summed E-state index contributed by atoms with van der Waals surface area (Å²) in [6.07, 6.45) is 3.74. The highest BCUT2D eigenvalue weighted by molar-refractivity contribution is 7.11. The number of rotatable bonds is 5. The van der Waals surface area contributed by atoms with E-state index in [0.29, 0.717) is 27.4 Å². The summed E-state index contributed by atoms with van der Waals surface area (Å²) in [4.78, 5) is 17.4. The molecule has 0 bridgehead atoms. The van der Waals surface area contributed by atoms with Crippen molar-refractivity contribution in [2.24, 2.45) is 0 Å². The van der Waals surface area contributed by atoms with Gasteiger partial charge in [0.1, 0.15) is 22.4 Å². The summed E-state index contributed by atoms with van der Waals surface area (Å²) in [6, 6.07) is 35.6. The van der Waals surface area contributed by atoms with Crippen LogP contribution in [0.1, 0.15) is 10.6 Å². The fraction of sp³-hybridized carbons (Fsp3) is 0. The van der Waals surface area contributed by atoms with Crippen molar-refractivity contribution >= 4 is 44.7 Å². The van der Waals surface area contributed by atoms with E-state index in [4.69, 9.17) is 9.52 Å². The van der Waals surface area contributed by atoms with Gasteiger partial charge in [-0.05, 0) is 41.1 Å². The highest BCUT2D eigenvalue weighted by Crippen LogP contribution is 2.34. The van der Waals surface area contributed by atoms with E-state index in [2.05, 4.69) is 29.3 Å². The van der Waals surface area contributed by atoms with Crippen molar-refractivity contribution in [3.05, 3.63) is 136 Å². The molecule has 7 rings (SSSR count). The zero-order valence-electron chi connectivity index (χ0n) is 21.6. The van der Waals surface area contributed by atoms with E-state index in [9.17, 15) is 10.1 Å². The molecule has 6 nitrogen and oxygen atoms in total. The molecule has 41 heavy (non-hydrogen) atoms. The third-order valence-corrected chi connectivity index (χ3v) is 7.76. The van der Waals surface area contributed by atoms with E-state index in [1.165, 1.54) is 11.3 Å². The lowest BCUT2D eigenvalue weighted by Crippen LogP contribution is -2.02. The van der Waals surface area contributed by atoms with Gasteiger partial charge in [0, 0.05) is 28.1 Å². The average Bonchev–Trinajstić information content (AvgIpc) is 3.67. The molecule has 0 aliphatic heterocycles. The number of aromatic nitrogens is 3. The summed E-state index contributed by atoms with van der Waals surface area (Å²) in [5.41, 5.74) is 4.67. The molecule has 3 aromatic heterocycles. The first kappa shape index (κ1) is 24.5. The summed E-state index contributed by atoms with van der Waals surface area (Å²) in [6.45, 7) is 0. The van der Waals surface area contributed by atoms with Crippen molar-refractivity contribution in [2.75, 3.05) is 0 Å². The fourth-order valence-electron chi connectivity index (χ4n) is 4.91. The van der Waals surface area contributed by atoms with Crippen molar-refractivity contribution in [1.82, 2.24) is 14.8 Å². The molecule has 194 valence electrons. The smallest absolute Gasteiger partial charge is 0.345 e. The van der Waals surface area contributed by atoms with E-state index in [1.807, 2.05) is 89.8 Å². The van der Waals surface area contributed by atoms with Gasteiger partial charge < -0.3 is 4.42 Å². The van der Waals surface area contributed by atoms with Crippen LogP contribution >= 0.6 is 11.3 Å². The Morgan fingerprint density at radius 1 is 0.878 bits per heavy atom. The summed E-state index contributed by atoms with van der Waals surface area (Å²) < 4.78 is 7.33. The van der Waals surface area contributed by atoms with Gasteiger partial charge in [0.15, 0.2) is 0 Å². The molecule has 7 heteroatoms. The van der Waals surface area contributed by atoms with Crippen molar-refractivity contribution in [3.63, 3.8) is 0 Å². The predicted octanol–water partition coefficient (Wildman–Crippen LogP) is 7.99. The van der Waals surface area contributed by atoms with Crippen molar-refractivity contribution in [2.45, 2.75) is 0 Å². The number of fused-ring (bicyclic) bond motifs is 2. The molecule has 3 heterocycles. The minimum Gasteiger partial charge on any atom is -0.422 e. The highest BCUT2D eigenvalue weighted by Gasteiger charge is 2.17. The summed E-state index contributed by atoms with van der Waals surface area (Å²) in [5.74, 6) is 0. The number of nitriles is 1. The van der Waals surface area contributed by atoms with Crippen LogP contribution in [-0.4, -0.2) is 14.8 Å². The van der Waals surface area contributed by atoms with Gasteiger partial charge in [0.2, 0.25) is 0 Å². The van der Waals surface area contributed by atoms with Gasteiger partial charge in [0.25, 0.3) is 0 Å². The zero-order chi connectivity index (χ0) is 27.8. The first-order chi connectivity index (χ1) is 20.2. The second-order valence-electron chi connectivity index (χ2n) is 9.43. The number of benzene rings is 4. The van der Waals surface area contributed by atoms with E-state index < -0.39 is 5.63 Å².